The Hall–Kier alpha value is -1.91. The van der Waals surface area contributed by atoms with Crippen molar-refractivity contribution in [3.63, 3.8) is 0 Å². The number of aromatic nitrogens is 3. The van der Waals surface area contributed by atoms with Gasteiger partial charge in [-0.25, -0.2) is 4.39 Å². The molecule has 1 aliphatic heterocycles. The van der Waals surface area contributed by atoms with E-state index in [4.69, 9.17) is 10.00 Å². The molecule has 0 amide bonds. The lowest BCUT2D eigenvalue weighted by Gasteiger charge is -2.15. The molecule has 1 aromatic heterocycles. The third kappa shape index (κ3) is 3.71. The van der Waals surface area contributed by atoms with Gasteiger partial charge in [0.25, 0.3) is 0 Å². The van der Waals surface area contributed by atoms with Crippen LogP contribution >= 0.6 is 11.8 Å². The number of nitrogens with zero attached hydrogens (tertiary/aromatic N) is 4. The molecule has 0 N–H and O–H groups in total. The highest BCUT2D eigenvalue weighted by Crippen LogP contribution is 2.28. The van der Waals surface area contributed by atoms with Crippen molar-refractivity contribution in [2.24, 2.45) is 0 Å². The molecule has 2 atom stereocenters. The lowest BCUT2D eigenvalue weighted by atomic mass is 10.2. The molecule has 7 heteroatoms. The molecule has 1 saturated heterocycles. The van der Waals surface area contributed by atoms with Crippen LogP contribution in [0, 0.1) is 17.1 Å². The fourth-order valence-electron chi connectivity index (χ4n) is 2.53. The topological polar surface area (TPSA) is 63.7 Å². The fourth-order valence-corrected chi connectivity index (χ4v) is 3.27. The van der Waals surface area contributed by atoms with E-state index >= 15 is 0 Å². The molecule has 0 bridgehead atoms. The second-order valence-electron chi connectivity index (χ2n) is 5.45. The summed E-state index contributed by atoms with van der Waals surface area (Å²) in [6.07, 6.45) is 2.18. The highest BCUT2D eigenvalue weighted by Gasteiger charge is 2.22. The maximum atomic E-state index is 13.2. The van der Waals surface area contributed by atoms with Crippen LogP contribution in [0.3, 0.4) is 0 Å². The molecule has 23 heavy (non-hydrogen) atoms. The van der Waals surface area contributed by atoms with Gasteiger partial charge in [-0.2, -0.15) is 5.26 Å². The van der Waals surface area contributed by atoms with Crippen LogP contribution in [0.25, 0.3) is 11.4 Å². The zero-order valence-corrected chi connectivity index (χ0v) is 13.6. The molecule has 1 aromatic carbocycles. The minimum absolute atomic E-state index is 0.127. The maximum Gasteiger partial charge on any atom is 0.192 e. The van der Waals surface area contributed by atoms with Gasteiger partial charge < -0.3 is 4.74 Å². The number of hydrogen-bond donors (Lipinski definition) is 0. The molecule has 0 radical (unpaired) electrons. The number of nitriles is 1. The number of benzene rings is 1. The summed E-state index contributed by atoms with van der Waals surface area (Å²) >= 11 is 1.37. The summed E-state index contributed by atoms with van der Waals surface area (Å²) in [6.45, 7) is 3.24. The molecule has 3 rings (SSSR count). The summed E-state index contributed by atoms with van der Waals surface area (Å²) in [5.74, 6) is 0.389. The smallest absolute Gasteiger partial charge is 0.192 e. The van der Waals surface area contributed by atoms with Crippen molar-refractivity contribution in [2.45, 2.75) is 42.8 Å². The monoisotopic (exact) mass is 332 g/mol. The van der Waals surface area contributed by atoms with E-state index in [1.54, 1.807) is 12.1 Å². The Labute approximate surface area is 138 Å². The summed E-state index contributed by atoms with van der Waals surface area (Å²) in [6, 6.07) is 8.38. The van der Waals surface area contributed by atoms with E-state index in [9.17, 15) is 4.39 Å². The summed E-state index contributed by atoms with van der Waals surface area (Å²) in [5, 5.41) is 18.0. The zero-order chi connectivity index (χ0) is 16.2. The Morgan fingerprint density at radius 3 is 2.87 bits per heavy atom. The molecule has 2 aromatic rings. The molecule has 0 spiro atoms. The molecular weight excluding hydrogens is 315 g/mol. The quantitative estimate of drug-likeness (QED) is 0.786. The first kappa shape index (κ1) is 16.0. The van der Waals surface area contributed by atoms with Crippen LogP contribution in [0.15, 0.2) is 29.4 Å². The Bertz CT molecular complexity index is 704. The summed E-state index contributed by atoms with van der Waals surface area (Å²) < 4.78 is 20.8. The second-order valence-corrected chi connectivity index (χ2v) is 6.76. The van der Waals surface area contributed by atoms with Crippen LogP contribution in [0.4, 0.5) is 4.39 Å². The first-order valence-corrected chi connectivity index (χ1v) is 8.42. The molecule has 1 aliphatic rings. The standard InChI is InChI=1S/C16H17FN4OS/c1-11(9-18)23-16-20-19-15(12-4-6-13(17)7-5-12)21(16)10-14-3-2-8-22-14/h4-7,11,14H,2-3,8,10H2,1H3/t11-,14-/m0/s1. The fraction of sp³-hybridized carbons (Fsp3) is 0.438. The molecule has 1 fully saturated rings. The minimum atomic E-state index is -0.286. The van der Waals surface area contributed by atoms with Crippen molar-refractivity contribution in [1.82, 2.24) is 14.8 Å². The molecule has 5 nitrogen and oxygen atoms in total. The predicted octanol–water partition coefficient (Wildman–Crippen LogP) is 3.27. The largest absolute Gasteiger partial charge is 0.376 e. The van der Waals surface area contributed by atoms with Crippen LogP contribution in [0.2, 0.25) is 0 Å². The van der Waals surface area contributed by atoms with Gasteiger partial charge in [-0.1, -0.05) is 11.8 Å². The van der Waals surface area contributed by atoms with Crippen LogP contribution in [0.1, 0.15) is 19.8 Å². The third-order valence-corrected chi connectivity index (χ3v) is 4.67. The van der Waals surface area contributed by atoms with E-state index in [0.717, 1.165) is 25.0 Å². The van der Waals surface area contributed by atoms with Crippen molar-refractivity contribution in [3.8, 4) is 17.5 Å². The molecule has 0 unspecified atom stereocenters. The maximum absolute atomic E-state index is 13.2. The van der Waals surface area contributed by atoms with Gasteiger partial charge in [0.05, 0.1) is 24.0 Å². The van der Waals surface area contributed by atoms with E-state index in [1.165, 1.54) is 23.9 Å². The Balaban J connectivity index is 1.94. The SMILES string of the molecule is C[C@@H](C#N)Sc1nnc(-c2ccc(F)cc2)n1C[C@@H]1CCCO1. The number of rotatable bonds is 5. The van der Waals surface area contributed by atoms with Crippen LogP contribution in [-0.2, 0) is 11.3 Å². The first-order chi connectivity index (χ1) is 11.2. The summed E-state index contributed by atoms with van der Waals surface area (Å²) in [5.41, 5.74) is 0.799. The molecule has 0 aliphatic carbocycles. The van der Waals surface area contributed by atoms with Gasteiger partial charge in [-0.3, -0.25) is 4.57 Å². The van der Waals surface area contributed by atoms with Crippen molar-refractivity contribution in [1.29, 1.82) is 5.26 Å². The number of thioether (sulfide) groups is 1. The summed E-state index contributed by atoms with van der Waals surface area (Å²) in [4.78, 5) is 0. The van der Waals surface area contributed by atoms with Crippen molar-refractivity contribution in [2.75, 3.05) is 6.61 Å². The van der Waals surface area contributed by atoms with E-state index in [1.807, 2.05) is 11.5 Å². The average Bonchev–Trinajstić information content (AvgIpc) is 3.20. The minimum Gasteiger partial charge on any atom is -0.376 e. The molecular formula is C16H17FN4OS. The van der Waals surface area contributed by atoms with Crippen molar-refractivity contribution >= 4 is 11.8 Å². The van der Waals surface area contributed by atoms with Crippen LogP contribution in [-0.4, -0.2) is 32.7 Å². The molecule has 120 valence electrons. The number of halogens is 1. The van der Waals surface area contributed by atoms with E-state index in [-0.39, 0.29) is 17.2 Å². The second kappa shape index (κ2) is 7.11. The molecule has 0 saturated carbocycles. The van der Waals surface area contributed by atoms with Crippen LogP contribution in [0.5, 0.6) is 0 Å². The Morgan fingerprint density at radius 2 is 2.22 bits per heavy atom. The van der Waals surface area contributed by atoms with Crippen molar-refractivity contribution < 1.29 is 9.13 Å². The van der Waals surface area contributed by atoms with Crippen LogP contribution < -0.4 is 0 Å². The van der Waals surface area contributed by atoms with Gasteiger partial charge in [0.1, 0.15) is 5.82 Å². The van der Waals surface area contributed by atoms with E-state index in [2.05, 4.69) is 16.3 Å². The average molecular weight is 332 g/mol. The third-order valence-electron chi connectivity index (χ3n) is 3.69. The van der Waals surface area contributed by atoms with Gasteiger partial charge in [0.15, 0.2) is 11.0 Å². The van der Waals surface area contributed by atoms with Gasteiger partial charge in [-0.15, -0.1) is 10.2 Å². The Morgan fingerprint density at radius 1 is 1.43 bits per heavy atom. The highest BCUT2D eigenvalue weighted by atomic mass is 32.2. The normalized spacial score (nSPS) is 18.7. The van der Waals surface area contributed by atoms with Gasteiger partial charge >= 0.3 is 0 Å². The molecule has 2 heterocycles. The van der Waals surface area contributed by atoms with Crippen molar-refractivity contribution in [3.05, 3.63) is 30.1 Å². The first-order valence-electron chi connectivity index (χ1n) is 7.54. The van der Waals surface area contributed by atoms with Gasteiger partial charge in [0, 0.05) is 12.2 Å². The number of ether oxygens (including phenoxy) is 1. The zero-order valence-electron chi connectivity index (χ0n) is 12.8. The summed E-state index contributed by atoms with van der Waals surface area (Å²) in [7, 11) is 0. The highest BCUT2D eigenvalue weighted by molar-refractivity contribution is 8.00. The lowest BCUT2D eigenvalue weighted by molar-refractivity contribution is 0.0953. The van der Waals surface area contributed by atoms with E-state index < -0.39 is 0 Å². The van der Waals surface area contributed by atoms with Gasteiger partial charge in [0.2, 0.25) is 0 Å². The predicted molar refractivity (Wildman–Crippen MR) is 85.3 cm³/mol. The Kier molecular flexibility index (Phi) is 4.94. The van der Waals surface area contributed by atoms with Gasteiger partial charge in [-0.05, 0) is 44.0 Å². The lowest BCUT2D eigenvalue weighted by Crippen LogP contribution is -2.17. The van der Waals surface area contributed by atoms with E-state index in [0.29, 0.717) is 17.5 Å². The number of hydrogen-bond acceptors (Lipinski definition) is 5.